The fourth-order valence-corrected chi connectivity index (χ4v) is 2.30. The molecule has 0 amide bonds. The molecule has 0 aliphatic rings. The molecule has 2 aromatic rings. The van der Waals surface area contributed by atoms with Crippen LogP contribution in [0.1, 0.15) is 24.2 Å². The zero-order valence-electron chi connectivity index (χ0n) is 12.5. The van der Waals surface area contributed by atoms with Gasteiger partial charge in [-0.05, 0) is 25.2 Å². The van der Waals surface area contributed by atoms with Crippen LogP contribution in [0.3, 0.4) is 0 Å². The van der Waals surface area contributed by atoms with E-state index in [-0.39, 0.29) is 0 Å². The maximum atomic E-state index is 10.9. The van der Waals surface area contributed by atoms with Crippen molar-refractivity contribution < 1.29 is 9.90 Å². The molecular formula is C16H21N3O2. The number of aromatic carboxylic acids is 1. The Morgan fingerprint density at radius 2 is 1.90 bits per heavy atom. The summed E-state index contributed by atoms with van der Waals surface area (Å²) in [7, 11) is 0. The highest BCUT2D eigenvalue weighted by molar-refractivity contribution is 5.88. The van der Waals surface area contributed by atoms with Crippen molar-refractivity contribution in [2.24, 2.45) is 0 Å². The van der Waals surface area contributed by atoms with Gasteiger partial charge in [-0.2, -0.15) is 0 Å². The molecule has 0 fully saturated rings. The van der Waals surface area contributed by atoms with Crippen LogP contribution in [0.2, 0.25) is 0 Å². The first-order valence-electron chi connectivity index (χ1n) is 7.23. The second-order valence-corrected chi connectivity index (χ2v) is 4.85. The van der Waals surface area contributed by atoms with Crippen LogP contribution in [0.15, 0.2) is 36.7 Å². The molecule has 0 unspecified atom stereocenters. The van der Waals surface area contributed by atoms with Crippen molar-refractivity contribution in [1.29, 1.82) is 0 Å². The van der Waals surface area contributed by atoms with Gasteiger partial charge < -0.3 is 14.6 Å². The lowest BCUT2D eigenvalue weighted by molar-refractivity contribution is 0.0697. The average molecular weight is 287 g/mol. The molecule has 1 N–H and O–H groups in total. The number of carboxylic acid groups (broad SMARTS) is 1. The Morgan fingerprint density at radius 3 is 2.48 bits per heavy atom. The first-order valence-corrected chi connectivity index (χ1v) is 7.23. The first kappa shape index (κ1) is 15.3. The van der Waals surface area contributed by atoms with E-state index < -0.39 is 5.97 Å². The highest BCUT2D eigenvalue weighted by Gasteiger charge is 2.08. The molecule has 112 valence electrons. The minimum atomic E-state index is -0.911. The maximum absolute atomic E-state index is 10.9. The largest absolute Gasteiger partial charge is 0.478 e. The van der Waals surface area contributed by atoms with Crippen molar-refractivity contribution in [2.75, 3.05) is 19.6 Å². The molecule has 1 aromatic carbocycles. The van der Waals surface area contributed by atoms with Crippen molar-refractivity contribution in [3.05, 3.63) is 42.2 Å². The number of aromatic nitrogens is 2. The smallest absolute Gasteiger partial charge is 0.335 e. The number of carbonyl (C=O) groups is 1. The maximum Gasteiger partial charge on any atom is 0.335 e. The molecule has 5 heteroatoms. The lowest BCUT2D eigenvalue weighted by atomic mass is 10.1. The summed E-state index contributed by atoms with van der Waals surface area (Å²) in [5.74, 6) is -0.0366. The second kappa shape index (κ2) is 7.04. The average Bonchev–Trinajstić information content (AvgIpc) is 2.97. The summed E-state index contributed by atoms with van der Waals surface area (Å²) in [5.41, 5.74) is 1.23. The van der Waals surface area contributed by atoms with E-state index in [9.17, 15) is 4.79 Å². The normalized spacial score (nSPS) is 11.0. The van der Waals surface area contributed by atoms with Crippen molar-refractivity contribution in [2.45, 2.75) is 20.4 Å². The quantitative estimate of drug-likeness (QED) is 0.850. The molecule has 0 bridgehead atoms. The highest BCUT2D eigenvalue weighted by Crippen LogP contribution is 2.18. The second-order valence-electron chi connectivity index (χ2n) is 4.85. The SMILES string of the molecule is CCN(CC)CCn1ccnc1-c1ccc(C(=O)O)cc1. The van der Waals surface area contributed by atoms with E-state index in [4.69, 9.17) is 5.11 Å². The minimum absolute atomic E-state index is 0.292. The molecule has 0 atom stereocenters. The summed E-state index contributed by atoms with van der Waals surface area (Å²) in [6.45, 7) is 8.23. The number of nitrogens with zero attached hydrogens (tertiary/aromatic N) is 3. The van der Waals surface area contributed by atoms with Crippen LogP contribution in [0.25, 0.3) is 11.4 Å². The molecule has 21 heavy (non-hydrogen) atoms. The van der Waals surface area contributed by atoms with Gasteiger partial charge in [0.2, 0.25) is 0 Å². The van der Waals surface area contributed by atoms with Gasteiger partial charge >= 0.3 is 5.97 Å². The molecule has 5 nitrogen and oxygen atoms in total. The van der Waals surface area contributed by atoms with Gasteiger partial charge in [0.25, 0.3) is 0 Å². The third-order valence-electron chi connectivity index (χ3n) is 3.66. The summed E-state index contributed by atoms with van der Waals surface area (Å²) in [4.78, 5) is 17.6. The highest BCUT2D eigenvalue weighted by atomic mass is 16.4. The van der Waals surface area contributed by atoms with Gasteiger partial charge in [0.1, 0.15) is 5.82 Å². The Balaban J connectivity index is 2.14. The number of likely N-dealkylation sites (N-methyl/N-ethyl adjacent to an activating group) is 1. The van der Waals surface area contributed by atoms with Crippen LogP contribution in [-0.2, 0) is 6.54 Å². The molecule has 0 saturated carbocycles. The Morgan fingerprint density at radius 1 is 1.24 bits per heavy atom. The topological polar surface area (TPSA) is 58.4 Å². The van der Waals surface area contributed by atoms with Gasteiger partial charge in [-0.15, -0.1) is 0 Å². The lowest BCUT2D eigenvalue weighted by Crippen LogP contribution is -2.27. The van der Waals surface area contributed by atoms with E-state index in [1.54, 1.807) is 30.5 Å². The fraction of sp³-hybridized carbons (Fsp3) is 0.375. The predicted molar refractivity (Wildman–Crippen MR) is 82.4 cm³/mol. The van der Waals surface area contributed by atoms with E-state index in [2.05, 4.69) is 28.3 Å². The monoisotopic (exact) mass is 287 g/mol. The summed E-state index contributed by atoms with van der Waals surface area (Å²) >= 11 is 0. The molecular weight excluding hydrogens is 266 g/mol. The van der Waals surface area contributed by atoms with Gasteiger partial charge in [-0.1, -0.05) is 26.0 Å². The predicted octanol–water partition coefficient (Wildman–Crippen LogP) is 2.59. The third-order valence-corrected chi connectivity index (χ3v) is 3.66. The van der Waals surface area contributed by atoms with Crippen LogP contribution >= 0.6 is 0 Å². The molecule has 0 radical (unpaired) electrons. The molecule has 1 aromatic heterocycles. The van der Waals surface area contributed by atoms with E-state index in [1.807, 2.05) is 6.20 Å². The Bertz CT molecular complexity index is 586. The Labute approximate surface area is 124 Å². The zero-order chi connectivity index (χ0) is 15.2. The Hall–Kier alpha value is -2.14. The standard InChI is InChI=1S/C16H21N3O2/c1-3-18(4-2)11-12-19-10-9-17-15(19)13-5-7-14(8-6-13)16(20)21/h5-10H,3-4,11-12H2,1-2H3,(H,20,21). The van der Waals surface area contributed by atoms with Gasteiger partial charge in [0.15, 0.2) is 0 Å². The van der Waals surface area contributed by atoms with E-state index in [0.717, 1.165) is 37.6 Å². The van der Waals surface area contributed by atoms with Crippen molar-refractivity contribution in [1.82, 2.24) is 14.5 Å². The number of hydrogen-bond donors (Lipinski definition) is 1. The molecule has 0 spiro atoms. The van der Waals surface area contributed by atoms with Gasteiger partial charge in [0.05, 0.1) is 5.56 Å². The summed E-state index contributed by atoms with van der Waals surface area (Å²) in [6.07, 6.45) is 3.74. The molecule has 0 aliphatic heterocycles. The molecule has 1 heterocycles. The number of imidazole rings is 1. The van der Waals surface area contributed by atoms with Crippen molar-refractivity contribution >= 4 is 5.97 Å². The number of rotatable bonds is 7. The molecule has 2 rings (SSSR count). The fourth-order valence-electron chi connectivity index (χ4n) is 2.30. The van der Waals surface area contributed by atoms with Crippen LogP contribution in [0.4, 0.5) is 0 Å². The third kappa shape index (κ3) is 3.70. The van der Waals surface area contributed by atoms with Crippen LogP contribution < -0.4 is 0 Å². The van der Waals surface area contributed by atoms with Crippen LogP contribution in [0.5, 0.6) is 0 Å². The molecule has 0 saturated heterocycles. The van der Waals surface area contributed by atoms with Gasteiger partial charge in [-0.3, -0.25) is 0 Å². The van der Waals surface area contributed by atoms with E-state index in [0.29, 0.717) is 5.56 Å². The van der Waals surface area contributed by atoms with E-state index >= 15 is 0 Å². The van der Waals surface area contributed by atoms with Crippen LogP contribution in [-0.4, -0.2) is 45.2 Å². The van der Waals surface area contributed by atoms with Crippen LogP contribution in [0, 0.1) is 0 Å². The lowest BCUT2D eigenvalue weighted by Gasteiger charge is -2.18. The Kier molecular flexibility index (Phi) is 5.11. The number of carboxylic acids is 1. The summed E-state index contributed by atoms with van der Waals surface area (Å²) in [5, 5.41) is 8.93. The number of benzene rings is 1. The number of hydrogen-bond acceptors (Lipinski definition) is 3. The van der Waals surface area contributed by atoms with Crippen molar-refractivity contribution in [3.63, 3.8) is 0 Å². The van der Waals surface area contributed by atoms with Gasteiger partial charge in [-0.25, -0.2) is 9.78 Å². The molecule has 0 aliphatic carbocycles. The minimum Gasteiger partial charge on any atom is -0.478 e. The zero-order valence-corrected chi connectivity index (χ0v) is 12.5. The summed E-state index contributed by atoms with van der Waals surface area (Å²) in [6, 6.07) is 6.83. The van der Waals surface area contributed by atoms with Gasteiger partial charge in [0, 0.05) is 31.0 Å². The van der Waals surface area contributed by atoms with Crippen molar-refractivity contribution in [3.8, 4) is 11.4 Å². The first-order chi connectivity index (χ1) is 10.2. The van der Waals surface area contributed by atoms with E-state index in [1.165, 1.54) is 0 Å². The summed E-state index contributed by atoms with van der Waals surface area (Å²) < 4.78 is 2.11.